The second-order valence-electron chi connectivity index (χ2n) is 23.9. The fraction of sp³-hybridized carbons (Fsp3) is 0.565. The Bertz CT molecular complexity index is 2900. The normalized spacial score (nSPS) is 16.6. The number of nitrogens with two attached hydrogens (primary N) is 1. The van der Waals surface area contributed by atoms with Gasteiger partial charge in [0.15, 0.2) is 0 Å². The summed E-state index contributed by atoms with van der Waals surface area (Å²) in [7, 11) is -4.38. The van der Waals surface area contributed by atoms with Crippen molar-refractivity contribution in [1.29, 1.82) is 0 Å². The van der Waals surface area contributed by atoms with Crippen molar-refractivity contribution in [2.75, 3.05) is 105 Å². The lowest BCUT2D eigenvalue weighted by molar-refractivity contribution is -0.145. The number of imide groups is 1. The number of nitrogens with zero attached hydrogens (tertiary/aromatic N) is 7. The van der Waals surface area contributed by atoms with Crippen molar-refractivity contribution in [1.82, 2.24) is 39.6 Å². The predicted octanol–water partition coefficient (Wildman–Crippen LogP) is 6.88. The Hall–Kier alpha value is -6.93. The van der Waals surface area contributed by atoms with E-state index in [0.29, 0.717) is 102 Å². The van der Waals surface area contributed by atoms with E-state index in [9.17, 15) is 67.6 Å². The van der Waals surface area contributed by atoms with Crippen LogP contribution in [0.2, 0.25) is 0 Å². The SMILES string of the molecule is CC(C)C(C(=O)O)N1CCCN(CCCN)C1=O.CC(C)C(C(=O)O)N1CCCN(CCCN2C(=O)c3ccccc3C2=O)C1=O.CC(C)C(C(=O)O)N1CCCN(CCCNCc2ccc(P(C)(C)=O)cc2)C1=O.CP(C)(=O)c1ccc(C=O)cc1. The average molecular weight is 1250 g/mol. The van der Waals surface area contributed by atoms with E-state index in [4.69, 9.17) is 5.73 Å². The Morgan fingerprint density at radius 2 is 0.885 bits per heavy atom. The van der Waals surface area contributed by atoms with Crippen LogP contribution >= 0.6 is 14.3 Å². The van der Waals surface area contributed by atoms with Crippen LogP contribution < -0.4 is 21.7 Å². The monoisotopic (exact) mass is 1250 g/mol. The van der Waals surface area contributed by atoms with Crippen molar-refractivity contribution in [3.8, 4) is 0 Å². The topological polar surface area (TPSA) is 309 Å². The summed E-state index contributed by atoms with van der Waals surface area (Å²) in [6.45, 7) is 25.0. The first kappa shape index (κ1) is 72.5. The third kappa shape index (κ3) is 20.9. The molecule has 7 rings (SSSR count). The summed E-state index contributed by atoms with van der Waals surface area (Å²) in [5.74, 6) is -3.91. The van der Waals surface area contributed by atoms with E-state index in [0.717, 1.165) is 54.7 Å². The van der Waals surface area contributed by atoms with Crippen LogP contribution in [0.25, 0.3) is 0 Å². The van der Waals surface area contributed by atoms with Crippen LogP contribution in [0, 0.1) is 17.8 Å². The van der Waals surface area contributed by atoms with Crippen LogP contribution in [0.4, 0.5) is 14.4 Å². The molecule has 23 nitrogen and oxygen atoms in total. The zero-order chi connectivity index (χ0) is 64.9. The summed E-state index contributed by atoms with van der Waals surface area (Å²) in [5.41, 5.74) is 8.00. The number of hydrogen-bond acceptors (Lipinski definition) is 13. The smallest absolute Gasteiger partial charge is 0.326 e. The molecule has 3 aromatic carbocycles. The largest absolute Gasteiger partial charge is 0.480 e. The summed E-state index contributed by atoms with van der Waals surface area (Å²) in [4.78, 5) is 118. The Balaban J connectivity index is 0.000000260. The molecule has 0 aliphatic carbocycles. The highest BCUT2D eigenvalue weighted by atomic mass is 31.2. The lowest BCUT2D eigenvalue weighted by atomic mass is 10.0. The van der Waals surface area contributed by atoms with Gasteiger partial charge in [-0.15, -0.1) is 0 Å². The molecule has 3 atom stereocenters. The van der Waals surface area contributed by atoms with E-state index in [-0.39, 0.29) is 54.2 Å². The highest BCUT2D eigenvalue weighted by molar-refractivity contribution is 7.70. The number of aldehydes is 1. The van der Waals surface area contributed by atoms with E-state index in [1.54, 1.807) is 104 Å². The van der Waals surface area contributed by atoms with Crippen molar-refractivity contribution >= 4 is 79.0 Å². The van der Waals surface area contributed by atoms with Gasteiger partial charge in [-0.2, -0.15) is 0 Å². The number of aliphatic carboxylic acids is 3. The van der Waals surface area contributed by atoms with Gasteiger partial charge in [-0.05, 0) is 114 Å². The Morgan fingerprint density at radius 1 is 0.529 bits per heavy atom. The first-order valence-electron chi connectivity index (χ1n) is 29.9. The number of nitrogens with one attached hydrogen (secondary N) is 1. The lowest BCUT2D eigenvalue weighted by Gasteiger charge is -2.40. The average Bonchev–Trinajstić information content (AvgIpc) is 3.84. The van der Waals surface area contributed by atoms with Gasteiger partial charge < -0.3 is 64.9 Å². The first-order valence-corrected chi connectivity index (χ1v) is 35.1. The van der Waals surface area contributed by atoms with E-state index in [1.807, 2.05) is 52.0 Å². The number of carboxylic acid groups (broad SMARTS) is 3. The minimum atomic E-state index is -2.22. The zero-order valence-corrected chi connectivity index (χ0v) is 54.1. The molecule has 8 amide bonds. The number of hydrogen-bond donors (Lipinski definition) is 5. The van der Waals surface area contributed by atoms with Crippen LogP contribution in [0.3, 0.4) is 0 Å². The van der Waals surface area contributed by atoms with E-state index in [2.05, 4.69) is 5.32 Å². The van der Waals surface area contributed by atoms with Gasteiger partial charge in [0, 0.05) is 88.2 Å². The summed E-state index contributed by atoms with van der Waals surface area (Å²) < 4.78 is 23.6. The fourth-order valence-electron chi connectivity index (χ4n) is 10.8. The molecule has 3 saturated heterocycles. The number of rotatable bonds is 25. The quantitative estimate of drug-likeness (QED) is 0.0250. The summed E-state index contributed by atoms with van der Waals surface area (Å²) in [5, 5.41) is 33.3. The molecule has 4 aliphatic heterocycles. The minimum absolute atomic E-state index is 0.0964. The molecule has 25 heteroatoms. The first-order chi connectivity index (χ1) is 41.0. The van der Waals surface area contributed by atoms with Gasteiger partial charge in [0.2, 0.25) is 0 Å². The van der Waals surface area contributed by atoms with Gasteiger partial charge in [-0.1, -0.05) is 102 Å². The van der Waals surface area contributed by atoms with Gasteiger partial charge in [0.05, 0.1) is 11.1 Å². The van der Waals surface area contributed by atoms with Crippen molar-refractivity contribution in [3.05, 3.63) is 95.1 Å². The zero-order valence-electron chi connectivity index (χ0n) is 52.3. The van der Waals surface area contributed by atoms with Gasteiger partial charge >= 0.3 is 36.0 Å². The molecule has 4 heterocycles. The number of benzene rings is 3. The van der Waals surface area contributed by atoms with Crippen LogP contribution in [0.15, 0.2) is 72.8 Å². The van der Waals surface area contributed by atoms with Crippen molar-refractivity contribution in [2.24, 2.45) is 23.5 Å². The van der Waals surface area contributed by atoms with Crippen LogP contribution in [0.1, 0.15) is 117 Å². The summed E-state index contributed by atoms with van der Waals surface area (Å²) in [6, 6.07) is 18.4. The lowest BCUT2D eigenvalue weighted by Crippen LogP contribution is -2.57. The molecule has 0 bridgehead atoms. The minimum Gasteiger partial charge on any atom is -0.480 e. The molecule has 87 heavy (non-hydrogen) atoms. The molecule has 480 valence electrons. The Labute approximate surface area is 512 Å². The number of carbonyl (C=O) groups is 9. The highest BCUT2D eigenvalue weighted by Gasteiger charge is 2.40. The molecule has 3 unspecified atom stereocenters. The van der Waals surface area contributed by atoms with Crippen molar-refractivity contribution in [3.63, 3.8) is 0 Å². The van der Waals surface area contributed by atoms with Gasteiger partial charge in [0.1, 0.15) is 38.7 Å². The van der Waals surface area contributed by atoms with Gasteiger partial charge in [0.25, 0.3) is 11.8 Å². The molecule has 0 radical (unpaired) electrons. The highest BCUT2D eigenvalue weighted by Crippen LogP contribution is 2.35. The van der Waals surface area contributed by atoms with Crippen LogP contribution in [0.5, 0.6) is 0 Å². The summed E-state index contributed by atoms with van der Waals surface area (Å²) in [6.07, 6.45) is 5.07. The second kappa shape index (κ2) is 34.0. The maximum atomic E-state index is 12.8. The third-order valence-electron chi connectivity index (χ3n) is 15.3. The predicted molar refractivity (Wildman–Crippen MR) is 337 cm³/mol. The number of carboxylic acids is 3. The Kier molecular flexibility index (Phi) is 28.3. The number of amides is 8. The molecular formula is C62H93N9O14P2. The van der Waals surface area contributed by atoms with Gasteiger partial charge in [-0.3, -0.25) is 19.3 Å². The maximum Gasteiger partial charge on any atom is 0.326 e. The van der Waals surface area contributed by atoms with Crippen molar-refractivity contribution < 1.29 is 67.6 Å². The number of carbonyl (C=O) groups excluding carboxylic acids is 6. The molecule has 6 N–H and O–H groups in total. The summed E-state index contributed by atoms with van der Waals surface area (Å²) >= 11 is 0. The second-order valence-corrected chi connectivity index (χ2v) is 30.4. The molecule has 4 aliphatic rings. The number of fused-ring (bicyclic) bond motifs is 1. The molecule has 3 aromatic rings. The van der Waals surface area contributed by atoms with E-state index < -0.39 is 50.3 Å². The fourth-order valence-corrected chi connectivity index (χ4v) is 12.5. The molecule has 3 fully saturated rings. The van der Waals surface area contributed by atoms with Crippen LogP contribution in [-0.4, -0.2) is 227 Å². The number of urea groups is 3. The Morgan fingerprint density at radius 3 is 1.22 bits per heavy atom. The van der Waals surface area contributed by atoms with E-state index >= 15 is 0 Å². The van der Waals surface area contributed by atoms with Crippen LogP contribution in [-0.2, 0) is 30.1 Å². The van der Waals surface area contributed by atoms with Gasteiger partial charge in [-0.25, -0.2) is 28.8 Å². The third-order valence-corrected chi connectivity index (χ3v) is 18.4. The van der Waals surface area contributed by atoms with Crippen molar-refractivity contribution in [2.45, 2.75) is 105 Å². The maximum absolute atomic E-state index is 12.8. The molecular weight excluding hydrogens is 1160 g/mol. The molecule has 0 spiro atoms. The molecule has 0 saturated carbocycles. The standard InChI is InChI=1S/C21H34N3O4P.C20H25N3O5.C12H23N3O3.C9H11O2P/c1-16(2)19(20(25)26)24-14-6-13-23(21(24)27)12-5-11-22-15-17-7-9-18(10-8-17)29(3,4)28;1-13(2)16(19(26)27)22-11-5-9-21(20(22)28)10-6-12-23-17(24)14-7-3-4-8-15(14)18(23)25;1-9(2)10(11(16)17)15-8-4-7-14(12(15)18)6-3-5-13;1-12(2,11)9-5-3-8(7-10)4-6-9/h7-10,16,19,22H,5-6,11-15H2,1-4H3,(H,25,26);3-4,7-8,13,16H,5-6,9-12H2,1-2H3,(H,26,27);9-10H,3-8,13H2,1-2H3,(H,16,17);3-7H,1-2H3. The molecule has 0 aromatic heterocycles. The van der Waals surface area contributed by atoms with E-state index in [1.165, 1.54) is 19.6 Å².